The van der Waals surface area contributed by atoms with Crippen molar-refractivity contribution in [3.63, 3.8) is 0 Å². The first-order valence-corrected chi connectivity index (χ1v) is 6.95. The quantitative estimate of drug-likeness (QED) is 0.876. The van der Waals surface area contributed by atoms with E-state index in [9.17, 15) is 0 Å². The molecule has 1 heterocycles. The molecule has 0 amide bonds. The number of hydrogen-bond acceptors (Lipinski definition) is 4. The summed E-state index contributed by atoms with van der Waals surface area (Å²) in [7, 11) is 1.85. The van der Waals surface area contributed by atoms with Gasteiger partial charge in [-0.15, -0.1) is 0 Å². The van der Waals surface area contributed by atoms with Crippen LogP contribution in [0.5, 0.6) is 0 Å². The van der Waals surface area contributed by atoms with Gasteiger partial charge in [0.05, 0.1) is 18.1 Å². The first-order valence-electron chi connectivity index (χ1n) is 6.95. The summed E-state index contributed by atoms with van der Waals surface area (Å²) in [5.74, 6) is 0.799. The van der Waals surface area contributed by atoms with Crippen LogP contribution in [-0.2, 0) is 13.1 Å². The van der Waals surface area contributed by atoms with Gasteiger partial charge in [-0.25, -0.2) is 4.98 Å². The van der Waals surface area contributed by atoms with Crippen molar-refractivity contribution in [1.29, 1.82) is 0 Å². The second-order valence-corrected chi connectivity index (χ2v) is 5.13. The molecule has 0 bridgehead atoms. The average Bonchev–Trinajstić information content (AvgIpc) is 2.48. The Morgan fingerprint density at radius 3 is 2.35 bits per heavy atom. The van der Waals surface area contributed by atoms with Crippen LogP contribution in [-0.4, -0.2) is 28.0 Å². The van der Waals surface area contributed by atoms with Crippen molar-refractivity contribution < 1.29 is 0 Å². The van der Waals surface area contributed by atoms with E-state index in [1.807, 2.05) is 19.3 Å². The molecule has 0 spiro atoms. The van der Waals surface area contributed by atoms with E-state index in [1.165, 1.54) is 5.56 Å². The van der Waals surface area contributed by atoms with Crippen molar-refractivity contribution in [2.24, 2.45) is 0 Å². The molecule has 2 rings (SSSR count). The SMILES string of the molecule is CNc1cnc(CN(Cc2ccccc2)C(C)C)cn1. The van der Waals surface area contributed by atoms with Gasteiger partial charge in [0, 0.05) is 26.2 Å². The van der Waals surface area contributed by atoms with Gasteiger partial charge in [-0.2, -0.15) is 0 Å². The van der Waals surface area contributed by atoms with Crippen LogP contribution in [0.15, 0.2) is 42.7 Å². The van der Waals surface area contributed by atoms with Crippen LogP contribution in [0, 0.1) is 0 Å². The molecule has 4 heteroatoms. The summed E-state index contributed by atoms with van der Waals surface area (Å²) >= 11 is 0. The summed E-state index contributed by atoms with van der Waals surface area (Å²) in [5, 5.41) is 2.98. The van der Waals surface area contributed by atoms with E-state index in [2.05, 4.69) is 58.3 Å². The lowest BCUT2D eigenvalue weighted by atomic mass is 10.2. The lowest BCUT2D eigenvalue weighted by Crippen LogP contribution is -2.30. The molecule has 1 aromatic heterocycles. The number of nitrogens with zero attached hydrogens (tertiary/aromatic N) is 3. The normalized spacial score (nSPS) is 11.1. The maximum atomic E-state index is 4.45. The minimum atomic E-state index is 0.459. The summed E-state index contributed by atoms with van der Waals surface area (Å²) < 4.78 is 0. The molecule has 4 nitrogen and oxygen atoms in total. The Kier molecular flexibility index (Phi) is 5.07. The van der Waals surface area contributed by atoms with Crippen molar-refractivity contribution in [3.8, 4) is 0 Å². The first-order chi connectivity index (χ1) is 9.69. The van der Waals surface area contributed by atoms with Crippen molar-refractivity contribution >= 4 is 5.82 Å². The van der Waals surface area contributed by atoms with Gasteiger partial charge >= 0.3 is 0 Å². The first kappa shape index (κ1) is 14.5. The summed E-state index contributed by atoms with van der Waals surface area (Å²) in [6, 6.07) is 11.0. The van der Waals surface area contributed by atoms with Gasteiger partial charge in [0.15, 0.2) is 0 Å². The molecule has 0 atom stereocenters. The van der Waals surface area contributed by atoms with Crippen LogP contribution in [0.2, 0.25) is 0 Å². The molecule has 0 radical (unpaired) electrons. The molecule has 0 aliphatic rings. The van der Waals surface area contributed by atoms with E-state index < -0.39 is 0 Å². The van der Waals surface area contributed by atoms with Gasteiger partial charge < -0.3 is 5.32 Å². The molecular formula is C16H22N4. The summed E-state index contributed by atoms with van der Waals surface area (Å²) in [5.41, 5.74) is 2.31. The average molecular weight is 270 g/mol. The Morgan fingerprint density at radius 1 is 1.05 bits per heavy atom. The molecule has 0 aliphatic carbocycles. The predicted molar refractivity (Wildman–Crippen MR) is 82.4 cm³/mol. The molecule has 106 valence electrons. The molecule has 0 saturated heterocycles. The van der Waals surface area contributed by atoms with Crippen molar-refractivity contribution in [2.45, 2.75) is 33.0 Å². The molecule has 0 saturated carbocycles. The van der Waals surface area contributed by atoms with Crippen LogP contribution >= 0.6 is 0 Å². The zero-order valence-corrected chi connectivity index (χ0v) is 12.4. The van der Waals surface area contributed by atoms with E-state index in [4.69, 9.17) is 0 Å². The fourth-order valence-electron chi connectivity index (χ4n) is 2.01. The van der Waals surface area contributed by atoms with Crippen molar-refractivity contribution in [2.75, 3.05) is 12.4 Å². The standard InChI is InChI=1S/C16H22N4/c1-13(2)20(11-14-7-5-4-6-8-14)12-15-9-19-16(17-3)10-18-15/h4-10,13H,11-12H2,1-3H3,(H,17,19). The highest BCUT2D eigenvalue weighted by Gasteiger charge is 2.11. The molecule has 0 aliphatic heterocycles. The lowest BCUT2D eigenvalue weighted by Gasteiger charge is -2.26. The number of anilines is 1. The highest BCUT2D eigenvalue weighted by molar-refractivity contribution is 5.29. The Labute approximate surface area is 120 Å². The van der Waals surface area contributed by atoms with Gasteiger partial charge in [0.1, 0.15) is 5.82 Å². The highest BCUT2D eigenvalue weighted by atomic mass is 15.2. The van der Waals surface area contributed by atoms with Crippen LogP contribution in [0.1, 0.15) is 25.1 Å². The summed E-state index contributed by atoms with van der Waals surface area (Å²) in [4.78, 5) is 11.2. The van der Waals surface area contributed by atoms with Gasteiger partial charge in [0.2, 0.25) is 0 Å². The minimum Gasteiger partial charge on any atom is -0.372 e. The largest absolute Gasteiger partial charge is 0.372 e. The third-order valence-electron chi connectivity index (χ3n) is 3.29. The molecule has 0 fully saturated rings. The van der Waals surface area contributed by atoms with Crippen LogP contribution < -0.4 is 5.32 Å². The number of nitrogens with one attached hydrogen (secondary N) is 1. The Bertz CT molecular complexity index is 508. The topological polar surface area (TPSA) is 41.1 Å². The molecule has 1 N–H and O–H groups in total. The van der Waals surface area contributed by atoms with E-state index >= 15 is 0 Å². The maximum absolute atomic E-state index is 4.45. The summed E-state index contributed by atoms with van der Waals surface area (Å²) in [6.45, 7) is 6.15. The highest BCUT2D eigenvalue weighted by Crippen LogP contribution is 2.12. The number of rotatable bonds is 6. The minimum absolute atomic E-state index is 0.459. The number of benzene rings is 1. The molecule has 0 unspecified atom stereocenters. The zero-order valence-electron chi connectivity index (χ0n) is 12.4. The Morgan fingerprint density at radius 2 is 1.80 bits per heavy atom. The second-order valence-electron chi connectivity index (χ2n) is 5.13. The second kappa shape index (κ2) is 7.01. The van der Waals surface area contributed by atoms with E-state index in [0.717, 1.165) is 24.6 Å². The van der Waals surface area contributed by atoms with Crippen molar-refractivity contribution in [1.82, 2.24) is 14.9 Å². The van der Waals surface area contributed by atoms with E-state index in [0.29, 0.717) is 6.04 Å². The van der Waals surface area contributed by atoms with Crippen LogP contribution in [0.4, 0.5) is 5.82 Å². The zero-order chi connectivity index (χ0) is 14.4. The van der Waals surface area contributed by atoms with Gasteiger partial charge in [0.25, 0.3) is 0 Å². The molecular weight excluding hydrogens is 248 g/mol. The Balaban J connectivity index is 2.05. The smallest absolute Gasteiger partial charge is 0.144 e. The van der Waals surface area contributed by atoms with E-state index in [-0.39, 0.29) is 0 Å². The van der Waals surface area contributed by atoms with Crippen molar-refractivity contribution in [3.05, 3.63) is 54.0 Å². The third kappa shape index (κ3) is 4.03. The molecule has 2 aromatic rings. The maximum Gasteiger partial charge on any atom is 0.144 e. The van der Waals surface area contributed by atoms with Gasteiger partial charge in [-0.05, 0) is 19.4 Å². The van der Waals surface area contributed by atoms with Gasteiger partial charge in [-0.3, -0.25) is 9.88 Å². The monoisotopic (exact) mass is 270 g/mol. The fourth-order valence-corrected chi connectivity index (χ4v) is 2.01. The number of aromatic nitrogens is 2. The lowest BCUT2D eigenvalue weighted by molar-refractivity contribution is 0.201. The van der Waals surface area contributed by atoms with Crippen LogP contribution in [0.25, 0.3) is 0 Å². The third-order valence-corrected chi connectivity index (χ3v) is 3.29. The number of hydrogen-bond donors (Lipinski definition) is 1. The van der Waals surface area contributed by atoms with Gasteiger partial charge in [-0.1, -0.05) is 30.3 Å². The van der Waals surface area contributed by atoms with E-state index in [1.54, 1.807) is 6.20 Å². The summed E-state index contributed by atoms with van der Waals surface area (Å²) in [6.07, 6.45) is 3.61. The predicted octanol–water partition coefficient (Wildman–Crippen LogP) is 2.93. The van der Waals surface area contributed by atoms with Crippen LogP contribution in [0.3, 0.4) is 0 Å². The molecule has 1 aromatic carbocycles. The Hall–Kier alpha value is -1.94. The molecule has 20 heavy (non-hydrogen) atoms. The fraction of sp³-hybridized carbons (Fsp3) is 0.375.